The normalized spacial score (nSPS) is 14.4. The number of quaternary nitrogens is 1. The Morgan fingerprint density at radius 2 is 1.60 bits per heavy atom. The summed E-state index contributed by atoms with van der Waals surface area (Å²) in [6.07, 6.45) is -4.75. The van der Waals surface area contributed by atoms with Gasteiger partial charge in [-0.3, -0.25) is 14.9 Å². The quantitative estimate of drug-likeness (QED) is 0.0694. The molecule has 17 heteroatoms. The van der Waals surface area contributed by atoms with Crippen molar-refractivity contribution in [3.8, 4) is 16.9 Å². The number of H-pyrrole nitrogens is 1. The van der Waals surface area contributed by atoms with Gasteiger partial charge in [0.1, 0.15) is 23.6 Å². The minimum Gasteiger partial charge on any atom is -0.542 e. The van der Waals surface area contributed by atoms with E-state index >= 15 is 4.39 Å². The zero-order valence-corrected chi connectivity index (χ0v) is 32.8. The van der Waals surface area contributed by atoms with Gasteiger partial charge in [0.05, 0.1) is 50.2 Å². The Labute approximate surface area is 342 Å². The molecule has 318 valence electrons. The molecule has 13 nitrogen and oxygen atoms in total. The highest BCUT2D eigenvalue weighted by atomic mass is 19.4. The largest absolute Gasteiger partial charge is 0.542 e. The van der Waals surface area contributed by atoms with E-state index in [0.29, 0.717) is 28.6 Å². The van der Waals surface area contributed by atoms with E-state index < -0.39 is 30.2 Å². The number of phenols is 1. The maximum absolute atomic E-state index is 15.1. The number of carboxylic acids is 1. The monoisotopic (exact) mass is 835 g/mol. The van der Waals surface area contributed by atoms with Crippen LogP contribution in [0.4, 0.5) is 33.7 Å². The van der Waals surface area contributed by atoms with Crippen LogP contribution in [-0.4, -0.2) is 83.7 Å². The lowest BCUT2D eigenvalue weighted by atomic mass is 9.99. The van der Waals surface area contributed by atoms with Crippen LogP contribution in [0.5, 0.6) is 5.75 Å². The van der Waals surface area contributed by atoms with Crippen molar-refractivity contribution in [2.45, 2.75) is 50.6 Å². The third kappa shape index (κ3) is 12.6. The Bertz CT molecular complexity index is 2360. The molecular weight excluding hydrogens is 790 g/mol. The molecule has 1 aromatic heterocycles. The molecule has 4 aromatic carbocycles. The van der Waals surface area contributed by atoms with Crippen LogP contribution >= 0.6 is 0 Å². The average Bonchev–Trinajstić information content (AvgIpc) is 3.19. The maximum atomic E-state index is 15.1. The fraction of sp³-hybridized carbons (Fsp3) is 0.302. The van der Waals surface area contributed by atoms with Crippen molar-refractivity contribution in [1.82, 2.24) is 10.3 Å². The molecular formula is C43H45F4N5O8. The van der Waals surface area contributed by atoms with E-state index in [1.54, 1.807) is 18.2 Å². The molecule has 1 atom stereocenters. The Kier molecular flexibility index (Phi) is 14.7. The number of aromatic hydroxyl groups is 1. The smallest absolute Gasteiger partial charge is 0.430 e. The number of hydrogen-bond donors (Lipinski definition) is 6. The van der Waals surface area contributed by atoms with Gasteiger partial charge in [0.25, 0.3) is 0 Å². The first-order chi connectivity index (χ1) is 28.4. The zero-order valence-electron chi connectivity index (χ0n) is 32.8. The number of ether oxygens (including phenoxy) is 1. The number of piperidine rings is 1. The zero-order chi connectivity index (χ0) is 43.6. The molecule has 1 aliphatic rings. The Morgan fingerprint density at radius 1 is 0.917 bits per heavy atom. The molecule has 1 fully saturated rings. The van der Waals surface area contributed by atoms with Gasteiger partial charge in [-0.05, 0) is 59.0 Å². The van der Waals surface area contributed by atoms with Crippen molar-refractivity contribution in [1.29, 1.82) is 0 Å². The number of phenolic OH excluding ortho intramolecular Hbond substituents is 1. The number of nitrogens with one attached hydrogen (secondary N) is 4. The number of aryl methyl sites for hydroxylation is 1. The van der Waals surface area contributed by atoms with Crippen molar-refractivity contribution in [2.24, 2.45) is 0 Å². The van der Waals surface area contributed by atoms with Crippen molar-refractivity contribution >= 4 is 40.2 Å². The average molecular weight is 836 g/mol. The molecule has 0 spiro atoms. The number of benzene rings is 4. The number of alkyl halides is 3. The van der Waals surface area contributed by atoms with Crippen LogP contribution in [0, 0.1) is 5.82 Å². The first-order valence-corrected chi connectivity index (χ1v) is 19.0. The summed E-state index contributed by atoms with van der Waals surface area (Å²) in [5.74, 6) is -4.06. The highest BCUT2D eigenvalue weighted by Crippen LogP contribution is 2.31. The lowest BCUT2D eigenvalue weighted by Crippen LogP contribution is -2.48. The molecule has 0 unspecified atom stereocenters. The van der Waals surface area contributed by atoms with Gasteiger partial charge >= 0.3 is 12.3 Å². The number of hydrogen-bond acceptors (Lipinski definition) is 9. The lowest BCUT2D eigenvalue weighted by Gasteiger charge is -2.36. The van der Waals surface area contributed by atoms with Crippen molar-refractivity contribution < 1.29 is 56.5 Å². The van der Waals surface area contributed by atoms with Gasteiger partial charge in [0.2, 0.25) is 11.5 Å². The number of nitrogens with zero attached hydrogens (tertiary/aromatic N) is 1. The first kappa shape index (κ1) is 44.8. The molecule has 6 rings (SSSR count). The van der Waals surface area contributed by atoms with Gasteiger partial charge in [0.15, 0.2) is 0 Å². The Balaban J connectivity index is 0.000000896. The van der Waals surface area contributed by atoms with Gasteiger partial charge in [0, 0.05) is 49.4 Å². The van der Waals surface area contributed by atoms with Gasteiger partial charge < -0.3 is 45.0 Å². The number of aromatic nitrogens is 1. The number of pyridine rings is 1. The Morgan fingerprint density at radius 3 is 2.27 bits per heavy atom. The predicted octanol–water partition coefficient (Wildman–Crippen LogP) is 5.52. The summed E-state index contributed by atoms with van der Waals surface area (Å²) in [5.41, 5.74) is 4.22. The van der Waals surface area contributed by atoms with Crippen molar-refractivity contribution in [3.05, 3.63) is 124 Å². The van der Waals surface area contributed by atoms with Crippen LogP contribution < -0.4 is 26.6 Å². The summed E-state index contributed by atoms with van der Waals surface area (Å²) in [5, 5.41) is 38.9. The van der Waals surface area contributed by atoms with Gasteiger partial charge in [-0.2, -0.15) is 13.2 Å². The fourth-order valence-electron chi connectivity index (χ4n) is 6.62. The fourth-order valence-corrected chi connectivity index (χ4v) is 6.62. The van der Waals surface area contributed by atoms with Crippen LogP contribution in [0.2, 0.25) is 0 Å². The van der Waals surface area contributed by atoms with E-state index in [4.69, 9.17) is 14.6 Å². The second-order valence-electron chi connectivity index (χ2n) is 14.9. The highest BCUT2D eigenvalue weighted by molar-refractivity contribution is 5.93. The molecule has 60 heavy (non-hydrogen) atoms. The molecule has 5 aromatic rings. The number of aliphatic hydroxyl groups excluding tert-OH is 1. The summed E-state index contributed by atoms with van der Waals surface area (Å²) in [7, 11) is 4.34. The first-order valence-electron chi connectivity index (χ1n) is 19.0. The van der Waals surface area contributed by atoms with Crippen molar-refractivity contribution in [3.63, 3.8) is 0 Å². The number of aliphatic carboxylic acids is 1. The van der Waals surface area contributed by atoms with E-state index in [-0.39, 0.29) is 54.0 Å². The maximum Gasteiger partial charge on any atom is 0.430 e. The number of amides is 2. The number of aromatic amines is 1. The van der Waals surface area contributed by atoms with Crippen LogP contribution in [0.1, 0.15) is 42.1 Å². The summed E-state index contributed by atoms with van der Waals surface area (Å²) in [6, 6.07) is 25.8. The summed E-state index contributed by atoms with van der Waals surface area (Å²) >= 11 is 0. The van der Waals surface area contributed by atoms with Crippen molar-refractivity contribution in [2.75, 3.05) is 44.4 Å². The number of rotatable bonds is 12. The summed E-state index contributed by atoms with van der Waals surface area (Å²) in [6.45, 7) is 2.25. The van der Waals surface area contributed by atoms with Gasteiger partial charge in [-0.15, -0.1) is 0 Å². The summed E-state index contributed by atoms with van der Waals surface area (Å²) in [4.78, 5) is 49.0. The van der Waals surface area contributed by atoms with Gasteiger partial charge in [-0.25, -0.2) is 9.18 Å². The van der Waals surface area contributed by atoms with Crippen LogP contribution in [0.15, 0.2) is 95.8 Å². The number of likely N-dealkylation sites (tertiary alicyclic amines) is 1. The number of carbonyl (C=O) groups is 3. The lowest BCUT2D eigenvalue weighted by molar-refractivity contribution is -0.896. The van der Waals surface area contributed by atoms with Crippen LogP contribution in [0.3, 0.4) is 0 Å². The number of fused-ring (bicyclic) bond motifs is 1. The van der Waals surface area contributed by atoms with E-state index in [1.165, 1.54) is 24.3 Å². The minimum atomic E-state index is -5.19. The molecule has 0 aliphatic carbocycles. The van der Waals surface area contributed by atoms with Crippen LogP contribution in [0.25, 0.3) is 22.0 Å². The SMILES string of the molecule is C[N+]1(C)CCC(OC(=O)Nc2cc(CCC(=O)Nc3ccc(CNC[C@H](O)c4ccc(O)c5[nH]c(=O)ccc45)cc3F)ccc2-c2ccccc2)CC1.O=C([O-])C(F)(F)F. The Hall–Kier alpha value is -6.30. The third-order valence-corrected chi connectivity index (χ3v) is 9.90. The highest BCUT2D eigenvalue weighted by Gasteiger charge is 2.29. The molecule has 1 saturated heterocycles. The molecule has 2 amide bonds. The molecule has 1 aliphatic heterocycles. The second kappa shape index (κ2) is 19.6. The second-order valence-corrected chi connectivity index (χ2v) is 14.9. The van der Waals surface area contributed by atoms with E-state index in [2.05, 4.69) is 35.0 Å². The molecule has 0 radical (unpaired) electrons. The van der Waals surface area contributed by atoms with Gasteiger partial charge in [-0.1, -0.05) is 54.6 Å². The number of aliphatic hydroxyl groups is 1. The van der Waals surface area contributed by atoms with Crippen LogP contribution in [-0.2, 0) is 27.3 Å². The molecule has 0 bridgehead atoms. The van der Waals surface area contributed by atoms with E-state index in [0.717, 1.165) is 47.1 Å². The molecule has 2 heterocycles. The number of anilines is 2. The van der Waals surface area contributed by atoms with E-state index in [9.17, 15) is 37.8 Å². The predicted molar refractivity (Wildman–Crippen MR) is 214 cm³/mol. The number of carboxylic acid groups (broad SMARTS) is 1. The summed E-state index contributed by atoms with van der Waals surface area (Å²) < 4.78 is 53.3. The third-order valence-electron chi connectivity index (χ3n) is 9.90. The number of carbonyl (C=O) groups excluding carboxylic acids is 3. The van der Waals surface area contributed by atoms with E-state index in [1.807, 2.05) is 48.5 Å². The minimum absolute atomic E-state index is 0.0535. The number of halogens is 4. The topological polar surface area (TPSA) is 193 Å². The molecule has 0 saturated carbocycles. The molecule has 6 N–H and O–H groups in total. The standard InChI is InChI=1S/C41H44FN5O6.C2HF3O2/c1-47(2)20-18-29(19-21-47)53-41(52)45-35-23-26(8-11-30(35)28-6-4-3-5-7-28)10-16-38(50)44-34-14-9-27(22-33(34)42)24-43-25-37(49)31-12-15-36(48)40-32(31)13-17-39(51)46-40;3-2(4,5)1(6)7/h3-9,11-15,17,22-23,29,37,43,49H,10,16,18-21,24-25H2,1-2H3,(H3-,44,45,46,48,50,51,52);(H,6,7)/t37-;/m0./s1.